The van der Waals surface area contributed by atoms with Crippen LogP contribution < -0.4 is 0 Å². The molecule has 4 aliphatic carbocycles. The van der Waals surface area contributed by atoms with Gasteiger partial charge in [0.15, 0.2) is 0 Å². The first kappa shape index (κ1) is 26.0. The molecule has 3 heteroatoms. The second-order valence-corrected chi connectivity index (χ2v) is 13.0. The van der Waals surface area contributed by atoms with Crippen molar-refractivity contribution < 1.29 is 14.3 Å². The Morgan fingerprint density at radius 2 is 1.85 bits per heavy atom. The topological polar surface area (TPSA) is 43.4 Å². The average molecular weight is 471 g/mol. The lowest BCUT2D eigenvalue weighted by Crippen LogP contribution is -2.51. The number of carbonyl (C=O) groups excluding carboxylic acids is 2. The van der Waals surface area contributed by atoms with Crippen LogP contribution in [-0.4, -0.2) is 17.9 Å². The zero-order valence-electron chi connectivity index (χ0n) is 22.7. The van der Waals surface area contributed by atoms with E-state index in [0.717, 1.165) is 48.9 Å². The number of Topliss-reactive ketones (excluding diaryl/α,β-unsaturated/α-hetero) is 1. The molecule has 8 atom stereocenters. The summed E-state index contributed by atoms with van der Waals surface area (Å²) in [5.41, 5.74) is 2.35. The van der Waals surface area contributed by atoms with Gasteiger partial charge in [0, 0.05) is 6.42 Å². The van der Waals surface area contributed by atoms with Crippen molar-refractivity contribution in [2.75, 3.05) is 0 Å². The molecule has 0 unspecified atom stereocenters. The molecule has 0 spiro atoms. The number of esters is 1. The Balaban J connectivity index is 1.42. The zero-order chi connectivity index (χ0) is 24.5. The fourth-order valence-electron chi connectivity index (χ4n) is 9.23. The molecule has 0 bridgehead atoms. The summed E-state index contributed by atoms with van der Waals surface area (Å²) in [5, 5.41) is 0. The summed E-state index contributed by atoms with van der Waals surface area (Å²) >= 11 is 0. The Morgan fingerprint density at radius 3 is 2.59 bits per heavy atom. The van der Waals surface area contributed by atoms with E-state index in [9.17, 15) is 9.59 Å². The van der Waals surface area contributed by atoms with Gasteiger partial charge in [-0.1, -0.05) is 71.4 Å². The van der Waals surface area contributed by atoms with E-state index in [4.69, 9.17) is 4.74 Å². The number of fused-ring (bicyclic) bond motifs is 5. The minimum atomic E-state index is -0.343. The summed E-state index contributed by atoms with van der Waals surface area (Å²) in [7, 11) is 0. The Labute approximate surface area is 208 Å². The van der Waals surface area contributed by atoms with E-state index in [2.05, 4.69) is 33.8 Å². The Hall–Kier alpha value is -1.12. The number of hydrogen-bond acceptors (Lipinski definition) is 3. The molecule has 0 aliphatic heterocycles. The lowest BCUT2D eigenvalue weighted by molar-refractivity contribution is -0.153. The Morgan fingerprint density at radius 1 is 1.06 bits per heavy atom. The summed E-state index contributed by atoms with van der Waals surface area (Å²) < 4.78 is 5.70. The lowest BCUT2D eigenvalue weighted by Gasteiger charge is -2.58. The van der Waals surface area contributed by atoms with Crippen LogP contribution in [0.1, 0.15) is 125 Å². The molecule has 34 heavy (non-hydrogen) atoms. The predicted molar refractivity (Wildman–Crippen MR) is 138 cm³/mol. The van der Waals surface area contributed by atoms with Crippen molar-refractivity contribution >= 4 is 11.8 Å². The van der Waals surface area contributed by atoms with Crippen molar-refractivity contribution in [3.63, 3.8) is 0 Å². The average Bonchev–Trinajstić information content (AvgIpc) is 3.13. The van der Waals surface area contributed by atoms with E-state index in [1.54, 1.807) is 5.57 Å². The molecule has 4 aliphatic rings. The molecule has 0 aromatic heterocycles. The standard InChI is InChI=1S/C31H50O3/c1-6-7-8-9-10-21(2)26-13-14-27-25-12-11-23-20-24(34-29(33)19-22(3)32)15-17-30(23,4)28(25)16-18-31(26,27)5/h11,21,24-28H,6-10,12-20H2,1-5H3/t21-,24+,25+,26-,27+,28+,30+,31-/m1/s1. The molecular weight excluding hydrogens is 420 g/mol. The summed E-state index contributed by atoms with van der Waals surface area (Å²) in [6, 6.07) is 0. The van der Waals surface area contributed by atoms with E-state index in [0.29, 0.717) is 5.41 Å². The number of hydrogen-bond donors (Lipinski definition) is 0. The molecule has 0 heterocycles. The fourth-order valence-corrected chi connectivity index (χ4v) is 9.23. The van der Waals surface area contributed by atoms with Crippen molar-refractivity contribution in [2.24, 2.45) is 40.4 Å². The smallest absolute Gasteiger partial charge is 0.313 e. The summed E-state index contributed by atoms with van der Waals surface area (Å²) in [6.45, 7) is 11.5. The second-order valence-electron chi connectivity index (χ2n) is 13.0. The van der Waals surface area contributed by atoms with Crippen LogP contribution >= 0.6 is 0 Å². The van der Waals surface area contributed by atoms with Crippen molar-refractivity contribution in [1.29, 1.82) is 0 Å². The highest BCUT2D eigenvalue weighted by Crippen LogP contribution is 2.67. The van der Waals surface area contributed by atoms with Gasteiger partial charge in [0.2, 0.25) is 0 Å². The molecule has 192 valence electrons. The van der Waals surface area contributed by atoms with Crippen LogP contribution in [0.2, 0.25) is 0 Å². The highest BCUT2D eigenvalue weighted by Gasteiger charge is 2.59. The van der Waals surface area contributed by atoms with Crippen molar-refractivity contribution in [2.45, 2.75) is 131 Å². The minimum absolute atomic E-state index is 0.0407. The quantitative estimate of drug-likeness (QED) is 0.148. The molecule has 3 nitrogen and oxygen atoms in total. The molecule has 0 N–H and O–H groups in total. The predicted octanol–water partition coefficient (Wildman–Crippen LogP) is 8.06. The molecule has 0 aromatic carbocycles. The zero-order valence-corrected chi connectivity index (χ0v) is 22.7. The maximum absolute atomic E-state index is 12.1. The number of ether oxygens (including phenoxy) is 1. The van der Waals surface area contributed by atoms with Crippen LogP contribution in [0.4, 0.5) is 0 Å². The van der Waals surface area contributed by atoms with Crippen LogP contribution in [0.15, 0.2) is 11.6 Å². The normalized spacial score (nSPS) is 39.9. The van der Waals surface area contributed by atoms with Crippen LogP contribution in [0, 0.1) is 40.4 Å². The maximum atomic E-state index is 12.1. The van der Waals surface area contributed by atoms with E-state index in [-0.39, 0.29) is 29.7 Å². The van der Waals surface area contributed by atoms with Gasteiger partial charge in [-0.3, -0.25) is 9.59 Å². The molecule has 0 radical (unpaired) electrons. The Bertz CT molecular complexity index is 784. The number of allylic oxidation sites excluding steroid dienone is 1. The van der Waals surface area contributed by atoms with Gasteiger partial charge in [-0.2, -0.15) is 0 Å². The third-order valence-corrected chi connectivity index (χ3v) is 11.0. The molecule has 0 saturated heterocycles. The van der Waals surface area contributed by atoms with Crippen molar-refractivity contribution in [1.82, 2.24) is 0 Å². The van der Waals surface area contributed by atoms with Gasteiger partial charge >= 0.3 is 5.97 Å². The second kappa shape index (κ2) is 10.5. The van der Waals surface area contributed by atoms with Crippen molar-refractivity contribution in [3.8, 4) is 0 Å². The van der Waals surface area contributed by atoms with Gasteiger partial charge in [-0.05, 0) is 92.3 Å². The van der Waals surface area contributed by atoms with Gasteiger partial charge in [0.25, 0.3) is 0 Å². The van der Waals surface area contributed by atoms with E-state index < -0.39 is 0 Å². The van der Waals surface area contributed by atoms with Gasteiger partial charge in [0.05, 0.1) is 0 Å². The number of carbonyl (C=O) groups is 2. The number of unbranched alkanes of at least 4 members (excludes halogenated alkanes) is 3. The van der Waals surface area contributed by atoms with E-state index >= 15 is 0 Å². The number of rotatable bonds is 9. The molecule has 0 amide bonds. The van der Waals surface area contributed by atoms with Gasteiger partial charge in [0.1, 0.15) is 18.3 Å². The number of ketones is 1. The first-order valence-corrected chi connectivity index (χ1v) is 14.6. The molecule has 3 fully saturated rings. The summed E-state index contributed by atoms with van der Waals surface area (Å²) in [5.74, 6) is 3.84. The van der Waals surface area contributed by atoms with Crippen LogP contribution in [-0.2, 0) is 14.3 Å². The molecular formula is C31H50O3. The lowest BCUT2D eigenvalue weighted by atomic mass is 9.47. The van der Waals surface area contributed by atoms with Crippen molar-refractivity contribution in [3.05, 3.63) is 11.6 Å². The van der Waals surface area contributed by atoms with Gasteiger partial charge < -0.3 is 4.74 Å². The first-order valence-electron chi connectivity index (χ1n) is 14.6. The summed E-state index contributed by atoms with van der Waals surface area (Å²) in [4.78, 5) is 23.4. The summed E-state index contributed by atoms with van der Waals surface area (Å²) in [6.07, 6.45) is 19.2. The third-order valence-electron chi connectivity index (χ3n) is 11.0. The van der Waals surface area contributed by atoms with Gasteiger partial charge in [-0.25, -0.2) is 0 Å². The third kappa shape index (κ3) is 4.92. The highest BCUT2D eigenvalue weighted by atomic mass is 16.5. The maximum Gasteiger partial charge on any atom is 0.313 e. The monoisotopic (exact) mass is 470 g/mol. The van der Waals surface area contributed by atoms with Crippen LogP contribution in [0.3, 0.4) is 0 Å². The molecule has 3 saturated carbocycles. The first-order chi connectivity index (χ1) is 16.2. The fraction of sp³-hybridized carbons (Fsp3) is 0.871. The van der Waals surface area contributed by atoms with Crippen LogP contribution in [0.25, 0.3) is 0 Å². The van der Waals surface area contributed by atoms with Crippen LogP contribution in [0.5, 0.6) is 0 Å². The largest absolute Gasteiger partial charge is 0.462 e. The minimum Gasteiger partial charge on any atom is -0.462 e. The Kier molecular flexibility index (Phi) is 7.99. The highest BCUT2D eigenvalue weighted by molar-refractivity contribution is 5.94. The SMILES string of the molecule is CCCCCC[C@@H](C)[C@H]1CC[C@H]2[C@@H]3CC=C4C[C@@H](OC(=O)CC(C)=O)CC[C@]4(C)[C@H]3CC[C@]12C. The van der Waals surface area contributed by atoms with Gasteiger partial charge in [-0.15, -0.1) is 0 Å². The molecule has 0 aromatic rings. The van der Waals surface area contributed by atoms with E-state index in [1.807, 2.05) is 0 Å². The molecule has 4 rings (SSSR count). The van der Waals surface area contributed by atoms with E-state index in [1.165, 1.54) is 71.1 Å².